The molecule has 0 bridgehead atoms. The second-order valence-electron chi connectivity index (χ2n) is 3.25. The minimum atomic E-state index is -0.179. The van der Waals surface area contributed by atoms with Crippen LogP contribution >= 0.6 is 0 Å². The Kier molecular flexibility index (Phi) is 6.59. The molecule has 0 saturated heterocycles. The van der Waals surface area contributed by atoms with Gasteiger partial charge in [-0.15, -0.1) is 0 Å². The third-order valence-corrected chi connectivity index (χ3v) is 2.36. The number of rotatable bonds is 6. The van der Waals surface area contributed by atoms with Crippen molar-refractivity contribution in [2.75, 3.05) is 6.61 Å². The van der Waals surface area contributed by atoms with Crippen molar-refractivity contribution in [2.45, 2.75) is 46.1 Å². The first-order valence-corrected chi connectivity index (χ1v) is 5.06. The van der Waals surface area contributed by atoms with Crippen molar-refractivity contribution >= 4 is 5.97 Å². The average Bonchev–Trinajstić information content (AvgIpc) is 2.06. The van der Waals surface area contributed by atoms with Gasteiger partial charge in [0.2, 0.25) is 0 Å². The first-order chi connectivity index (χ1) is 6.15. The van der Waals surface area contributed by atoms with Gasteiger partial charge in [0.05, 0.1) is 13.0 Å². The monoisotopic (exact) mass is 187 g/mol. The molecule has 3 nitrogen and oxygen atoms in total. The van der Waals surface area contributed by atoms with Gasteiger partial charge < -0.3 is 10.5 Å². The highest BCUT2D eigenvalue weighted by molar-refractivity contribution is 5.70. The van der Waals surface area contributed by atoms with Crippen molar-refractivity contribution in [1.29, 1.82) is 0 Å². The van der Waals surface area contributed by atoms with Gasteiger partial charge in [-0.3, -0.25) is 4.79 Å². The molecule has 3 heteroatoms. The van der Waals surface area contributed by atoms with Crippen LogP contribution in [0.3, 0.4) is 0 Å². The minimum absolute atomic E-state index is 0.0472. The van der Waals surface area contributed by atoms with Gasteiger partial charge in [0.25, 0.3) is 0 Å². The second-order valence-corrected chi connectivity index (χ2v) is 3.25. The molecular formula is C10H21NO2. The fourth-order valence-corrected chi connectivity index (χ4v) is 1.47. The van der Waals surface area contributed by atoms with Gasteiger partial charge >= 0.3 is 5.97 Å². The third kappa shape index (κ3) is 4.88. The number of ether oxygens (including phenoxy) is 1. The predicted octanol–water partition coefficient (Wildman–Crippen LogP) is 1.70. The number of carbonyl (C=O) groups is 1. The van der Waals surface area contributed by atoms with Crippen molar-refractivity contribution in [3.8, 4) is 0 Å². The molecule has 2 N–H and O–H groups in total. The fourth-order valence-electron chi connectivity index (χ4n) is 1.47. The molecule has 0 radical (unpaired) electrons. The molecule has 0 aromatic carbocycles. The van der Waals surface area contributed by atoms with Crippen molar-refractivity contribution in [2.24, 2.45) is 11.7 Å². The maximum absolute atomic E-state index is 11.1. The van der Waals surface area contributed by atoms with E-state index in [0.29, 0.717) is 18.9 Å². The zero-order valence-corrected chi connectivity index (χ0v) is 8.88. The van der Waals surface area contributed by atoms with Crippen LogP contribution in [0.25, 0.3) is 0 Å². The Labute approximate surface area is 80.6 Å². The normalized spacial score (nSPS) is 13.0. The van der Waals surface area contributed by atoms with Gasteiger partial charge in [-0.2, -0.15) is 0 Å². The van der Waals surface area contributed by atoms with Crippen LogP contribution in [0, 0.1) is 5.92 Å². The van der Waals surface area contributed by atoms with E-state index in [1.165, 1.54) is 0 Å². The zero-order valence-electron chi connectivity index (χ0n) is 8.88. The van der Waals surface area contributed by atoms with E-state index in [4.69, 9.17) is 10.5 Å². The maximum Gasteiger partial charge on any atom is 0.307 e. The van der Waals surface area contributed by atoms with Crippen molar-refractivity contribution in [3.63, 3.8) is 0 Å². The number of esters is 1. The summed E-state index contributed by atoms with van der Waals surface area (Å²) >= 11 is 0. The Balaban J connectivity index is 3.82. The van der Waals surface area contributed by atoms with Gasteiger partial charge in [-0.1, -0.05) is 26.7 Å². The summed E-state index contributed by atoms with van der Waals surface area (Å²) in [6.45, 7) is 6.44. The van der Waals surface area contributed by atoms with Crippen molar-refractivity contribution < 1.29 is 9.53 Å². The molecule has 0 aliphatic rings. The summed E-state index contributed by atoms with van der Waals surface area (Å²) in [6.07, 6.45) is 2.40. The van der Waals surface area contributed by atoms with E-state index in [0.717, 1.165) is 12.8 Å². The van der Waals surface area contributed by atoms with Crippen molar-refractivity contribution in [1.82, 2.24) is 0 Å². The van der Waals surface area contributed by atoms with E-state index in [-0.39, 0.29) is 12.0 Å². The summed E-state index contributed by atoms with van der Waals surface area (Å²) in [4.78, 5) is 11.1. The maximum atomic E-state index is 11.1. The molecule has 13 heavy (non-hydrogen) atoms. The lowest BCUT2D eigenvalue weighted by molar-refractivity contribution is -0.143. The molecule has 78 valence electrons. The standard InChI is InChI=1S/C10H21NO2/c1-4-8(5-2)9(11)7-10(12)13-6-3/h8-9H,4-7,11H2,1-3H3/t9-/m0/s1. The van der Waals surface area contributed by atoms with E-state index in [1.807, 2.05) is 0 Å². The molecule has 0 aliphatic heterocycles. The Morgan fingerprint density at radius 2 is 1.85 bits per heavy atom. The topological polar surface area (TPSA) is 52.3 Å². The Morgan fingerprint density at radius 3 is 2.23 bits per heavy atom. The summed E-state index contributed by atoms with van der Waals surface area (Å²) in [5, 5.41) is 0. The average molecular weight is 187 g/mol. The quantitative estimate of drug-likeness (QED) is 0.644. The smallest absolute Gasteiger partial charge is 0.307 e. The second kappa shape index (κ2) is 6.89. The molecule has 0 fully saturated rings. The van der Waals surface area contributed by atoms with Gasteiger partial charge in [-0.05, 0) is 12.8 Å². The lowest BCUT2D eigenvalue weighted by Gasteiger charge is -2.19. The molecule has 0 spiro atoms. The molecule has 0 saturated carbocycles. The van der Waals surface area contributed by atoms with Crippen LogP contribution in [0.4, 0.5) is 0 Å². The summed E-state index contributed by atoms with van der Waals surface area (Å²) in [7, 11) is 0. The molecule has 0 aliphatic carbocycles. The van der Waals surface area contributed by atoms with Crippen molar-refractivity contribution in [3.05, 3.63) is 0 Å². The number of hydrogen-bond donors (Lipinski definition) is 1. The summed E-state index contributed by atoms with van der Waals surface area (Å²) in [5.41, 5.74) is 5.87. The van der Waals surface area contributed by atoms with Crippen LogP contribution < -0.4 is 5.73 Å². The zero-order chi connectivity index (χ0) is 10.3. The molecular weight excluding hydrogens is 166 g/mol. The Bertz CT molecular complexity index is 144. The molecule has 0 unspecified atom stereocenters. The number of nitrogens with two attached hydrogens (primary N) is 1. The fraction of sp³-hybridized carbons (Fsp3) is 0.900. The highest BCUT2D eigenvalue weighted by Crippen LogP contribution is 2.14. The van der Waals surface area contributed by atoms with E-state index in [2.05, 4.69) is 13.8 Å². The van der Waals surface area contributed by atoms with E-state index in [1.54, 1.807) is 6.92 Å². The Morgan fingerprint density at radius 1 is 1.31 bits per heavy atom. The van der Waals surface area contributed by atoms with E-state index >= 15 is 0 Å². The van der Waals surface area contributed by atoms with Crippen LogP contribution in [0.5, 0.6) is 0 Å². The van der Waals surface area contributed by atoms with Gasteiger partial charge in [0.15, 0.2) is 0 Å². The molecule has 0 aromatic heterocycles. The lowest BCUT2D eigenvalue weighted by Crippen LogP contribution is -2.32. The first kappa shape index (κ1) is 12.4. The Hall–Kier alpha value is -0.570. The first-order valence-electron chi connectivity index (χ1n) is 5.06. The molecule has 1 atom stereocenters. The number of carbonyl (C=O) groups excluding carboxylic acids is 1. The third-order valence-electron chi connectivity index (χ3n) is 2.36. The van der Waals surface area contributed by atoms with Crippen LogP contribution in [0.1, 0.15) is 40.0 Å². The predicted molar refractivity (Wildman–Crippen MR) is 53.3 cm³/mol. The molecule has 0 heterocycles. The van der Waals surface area contributed by atoms with Gasteiger partial charge in [0, 0.05) is 6.04 Å². The lowest BCUT2D eigenvalue weighted by atomic mass is 9.93. The largest absolute Gasteiger partial charge is 0.466 e. The minimum Gasteiger partial charge on any atom is -0.466 e. The van der Waals surface area contributed by atoms with Crippen LogP contribution in [-0.4, -0.2) is 18.6 Å². The van der Waals surface area contributed by atoms with Gasteiger partial charge in [0.1, 0.15) is 0 Å². The molecule has 0 aromatic rings. The van der Waals surface area contributed by atoms with Gasteiger partial charge in [-0.25, -0.2) is 0 Å². The summed E-state index contributed by atoms with van der Waals surface area (Å²) < 4.78 is 4.83. The summed E-state index contributed by atoms with van der Waals surface area (Å²) in [5.74, 6) is 0.256. The van der Waals surface area contributed by atoms with E-state index < -0.39 is 0 Å². The number of hydrogen-bond acceptors (Lipinski definition) is 3. The van der Waals surface area contributed by atoms with Crippen LogP contribution in [-0.2, 0) is 9.53 Å². The molecule has 0 amide bonds. The van der Waals surface area contributed by atoms with E-state index in [9.17, 15) is 4.79 Å². The molecule has 0 rings (SSSR count). The highest BCUT2D eigenvalue weighted by atomic mass is 16.5. The summed E-state index contributed by atoms with van der Waals surface area (Å²) in [6, 6.07) is -0.0472. The van der Waals surface area contributed by atoms with Crippen LogP contribution in [0.2, 0.25) is 0 Å². The SMILES string of the molecule is CCOC(=O)C[C@H](N)C(CC)CC. The highest BCUT2D eigenvalue weighted by Gasteiger charge is 2.17. The van der Waals surface area contributed by atoms with Crippen LogP contribution in [0.15, 0.2) is 0 Å².